The molecule has 0 amide bonds. The van der Waals surface area contributed by atoms with Gasteiger partial charge in [0.1, 0.15) is 24.4 Å². The van der Waals surface area contributed by atoms with Crippen LogP contribution in [0, 0.1) is 16.7 Å². The third kappa shape index (κ3) is 2.70. The van der Waals surface area contributed by atoms with E-state index in [0.29, 0.717) is 12.8 Å². The Bertz CT molecular complexity index is 764. The van der Waals surface area contributed by atoms with Crippen molar-refractivity contribution < 1.29 is 39.5 Å². The van der Waals surface area contributed by atoms with E-state index in [1.165, 1.54) is 13.0 Å². The Morgan fingerprint density at radius 1 is 1.27 bits per heavy atom. The molecule has 30 heavy (non-hydrogen) atoms. The lowest BCUT2D eigenvalue weighted by molar-refractivity contribution is -0.370. The lowest BCUT2D eigenvalue weighted by Crippen LogP contribution is -2.86. The van der Waals surface area contributed by atoms with E-state index in [1.54, 1.807) is 13.8 Å². The summed E-state index contributed by atoms with van der Waals surface area (Å²) in [6.07, 6.45) is -1.81. The zero-order valence-corrected chi connectivity index (χ0v) is 18.3. The molecule has 8 heteroatoms. The third-order valence-corrected chi connectivity index (χ3v) is 8.13. The van der Waals surface area contributed by atoms with Crippen LogP contribution in [0.4, 0.5) is 0 Å². The molecule has 0 bridgehead atoms. The standard InChI is InChI=1S/C22H34O8/c1-7-19(4)10-13(25)22(28)20(5)12(24)8-9-18(2,3)16(20)15(29-14(26)11-23)17(27)21(22,6)30-19/h7,12,15-17,23-24,27-28H,1,8-11H2,2-6H3/t12-,15-,16-,17-,19-,20-,21+,22-/m0/s1. The van der Waals surface area contributed by atoms with Gasteiger partial charge < -0.3 is 29.9 Å². The number of ether oxygens (including phenoxy) is 2. The number of ketones is 1. The van der Waals surface area contributed by atoms with Gasteiger partial charge in [0, 0.05) is 17.8 Å². The summed E-state index contributed by atoms with van der Waals surface area (Å²) in [5, 5.41) is 43.9. The molecule has 2 aliphatic carbocycles. The predicted molar refractivity (Wildman–Crippen MR) is 106 cm³/mol. The summed E-state index contributed by atoms with van der Waals surface area (Å²) >= 11 is 0. The first-order valence-corrected chi connectivity index (χ1v) is 10.4. The minimum absolute atomic E-state index is 0.175. The number of hydrogen-bond acceptors (Lipinski definition) is 8. The van der Waals surface area contributed by atoms with Crippen LogP contribution in [-0.2, 0) is 19.1 Å². The summed E-state index contributed by atoms with van der Waals surface area (Å²) in [5.74, 6) is -2.29. The number of Topliss-reactive ketones (excluding diaryl/α,β-unsaturated/α-hetero) is 1. The number of carbonyl (C=O) groups is 2. The number of aliphatic hydroxyl groups excluding tert-OH is 3. The molecule has 1 aliphatic heterocycles. The van der Waals surface area contributed by atoms with Crippen molar-refractivity contribution in [2.24, 2.45) is 16.7 Å². The Kier molecular flexibility index (Phi) is 5.32. The molecule has 3 rings (SSSR count). The molecule has 0 spiro atoms. The molecule has 8 nitrogen and oxygen atoms in total. The largest absolute Gasteiger partial charge is 0.457 e. The van der Waals surface area contributed by atoms with E-state index in [-0.39, 0.29) is 6.42 Å². The average Bonchev–Trinajstić information content (AvgIpc) is 2.66. The van der Waals surface area contributed by atoms with E-state index < -0.39 is 70.2 Å². The fourth-order valence-electron chi connectivity index (χ4n) is 6.59. The molecule has 2 saturated carbocycles. The number of hydrogen-bond donors (Lipinski definition) is 4. The summed E-state index contributed by atoms with van der Waals surface area (Å²) in [6, 6.07) is 0. The molecule has 3 fully saturated rings. The zero-order chi connectivity index (χ0) is 22.9. The first-order valence-electron chi connectivity index (χ1n) is 10.4. The SMILES string of the molecule is C=C[C@@]1(C)CC(=O)[C@]2(O)[C@@]3(C)[C@@H](O)CCC(C)(C)[C@@H]3[C@H](OC(=O)CO)[C@H](O)[C@@]2(C)O1. The Morgan fingerprint density at radius 3 is 2.40 bits per heavy atom. The van der Waals surface area contributed by atoms with Gasteiger partial charge in [-0.2, -0.15) is 0 Å². The highest BCUT2D eigenvalue weighted by Crippen LogP contribution is 2.67. The van der Waals surface area contributed by atoms with E-state index in [1.807, 2.05) is 13.8 Å². The van der Waals surface area contributed by atoms with E-state index in [0.717, 1.165) is 0 Å². The number of esters is 1. The van der Waals surface area contributed by atoms with Gasteiger partial charge in [0.2, 0.25) is 0 Å². The first kappa shape index (κ1) is 23.3. The van der Waals surface area contributed by atoms with Crippen molar-refractivity contribution in [3.63, 3.8) is 0 Å². The van der Waals surface area contributed by atoms with Crippen molar-refractivity contribution in [2.75, 3.05) is 6.61 Å². The van der Waals surface area contributed by atoms with E-state index >= 15 is 0 Å². The fraction of sp³-hybridized carbons (Fsp3) is 0.818. The van der Waals surface area contributed by atoms with E-state index in [2.05, 4.69) is 6.58 Å². The smallest absolute Gasteiger partial charge is 0.332 e. The van der Waals surface area contributed by atoms with Crippen molar-refractivity contribution in [3.05, 3.63) is 12.7 Å². The highest BCUT2D eigenvalue weighted by Gasteiger charge is 2.81. The number of carbonyl (C=O) groups excluding carboxylic acids is 2. The van der Waals surface area contributed by atoms with Gasteiger partial charge in [-0.3, -0.25) is 4.79 Å². The lowest BCUT2D eigenvalue weighted by Gasteiger charge is -2.71. The third-order valence-electron chi connectivity index (χ3n) is 8.13. The quantitative estimate of drug-likeness (QED) is 0.379. The van der Waals surface area contributed by atoms with Gasteiger partial charge in [-0.15, -0.1) is 6.58 Å². The van der Waals surface area contributed by atoms with Gasteiger partial charge in [-0.05, 0) is 32.1 Å². The molecule has 0 aromatic carbocycles. The lowest BCUT2D eigenvalue weighted by atomic mass is 9.40. The second-order valence-electron chi connectivity index (χ2n) is 10.4. The maximum Gasteiger partial charge on any atom is 0.332 e. The van der Waals surface area contributed by atoms with E-state index in [9.17, 15) is 30.0 Å². The van der Waals surface area contributed by atoms with Crippen LogP contribution in [0.1, 0.15) is 53.9 Å². The Labute approximate surface area is 176 Å². The minimum atomic E-state index is -2.24. The normalized spacial score (nSPS) is 50.2. The summed E-state index contributed by atoms with van der Waals surface area (Å²) in [6.45, 7) is 11.2. The Balaban J connectivity index is 2.30. The Morgan fingerprint density at radius 2 is 1.87 bits per heavy atom. The van der Waals surface area contributed by atoms with Crippen LogP contribution in [0.2, 0.25) is 0 Å². The maximum absolute atomic E-state index is 13.5. The molecule has 0 radical (unpaired) electrons. The maximum atomic E-state index is 13.5. The molecule has 1 heterocycles. The van der Waals surface area contributed by atoms with Gasteiger partial charge >= 0.3 is 5.97 Å². The average molecular weight is 427 g/mol. The van der Waals surface area contributed by atoms with E-state index in [4.69, 9.17) is 9.47 Å². The van der Waals surface area contributed by atoms with Gasteiger partial charge in [0.25, 0.3) is 0 Å². The summed E-state index contributed by atoms with van der Waals surface area (Å²) in [5.41, 5.74) is -7.39. The molecular formula is C22H34O8. The number of rotatable bonds is 3. The molecule has 8 atom stereocenters. The fourth-order valence-corrected chi connectivity index (χ4v) is 6.59. The van der Waals surface area contributed by atoms with Gasteiger partial charge in [0.15, 0.2) is 11.4 Å². The zero-order valence-electron chi connectivity index (χ0n) is 18.3. The summed E-state index contributed by atoms with van der Waals surface area (Å²) in [4.78, 5) is 25.6. The van der Waals surface area contributed by atoms with Crippen LogP contribution in [0.5, 0.6) is 0 Å². The second-order valence-corrected chi connectivity index (χ2v) is 10.4. The molecule has 3 aliphatic rings. The highest BCUT2D eigenvalue weighted by molar-refractivity contribution is 5.92. The molecule has 170 valence electrons. The monoisotopic (exact) mass is 426 g/mol. The number of aliphatic hydroxyl groups is 4. The molecule has 1 saturated heterocycles. The molecule has 0 aromatic rings. The van der Waals surface area contributed by atoms with Crippen LogP contribution in [0.25, 0.3) is 0 Å². The minimum Gasteiger partial charge on any atom is -0.457 e. The predicted octanol–water partition coefficient (Wildman–Crippen LogP) is 0.492. The van der Waals surface area contributed by atoms with Crippen LogP contribution in [0.15, 0.2) is 12.7 Å². The van der Waals surface area contributed by atoms with Gasteiger partial charge in [-0.25, -0.2) is 4.79 Å². The van der Waals surface area contributed by atoms with Crippen molar-refractivity contribution in [3.8, 4) is 0 Å². The number of fused-ring (bicyclic) bond motifs is 3. The first-order chi connectivity index (χ1) is 13.6. The van der Waals surface area contributed by atoms with Gasteiger partial charge in [0.05, 0.1) is 11.7 Å². The Hall–Kier alpha value is -1.32. The van der Waals surface area contributed by atoms with Gasteiger partial charge in [-0.1, -0.05) is 26.8 Å². The molecular weight excluding hydrogens is 392 g/mol. The topological polar surface area (TPSA) is 134 Å². The van der Waals surface area contributed by atoms with Crippen molar-refractivity contribution in [1.29, 1.82) is 0 Å². The highest BCUT2D eigenvalue weighted by atomic mass is 16.6. The van der Waals surface area contributed by atoms with Crippen molar-refractivity contribution >= 4 is 11.8 Å². The molecule has 0 aromatic heterocycles. The molecule has 4 N–H and O–H groups in total. The second kappa shape index (κ2) is 6.84. The van der Waals surface area contributed by atoms with Crippen LogP contribution >= 0.6 is 0 Å². The van der Waals surface area contributed by atoms with Crippen molar-refractivity contribution in [1.82, 2.24) is 0 Å². The van der Waals surface area contributed by atoms with Crippen molar-refractivity contribution in [2.45, 2.75) is 89.0 Å². The van der Waals surface area contributed by atoms with Crippen LogP contribution in [0.3, 0.4) is 0 Å². The summed E-state index contributed by atoms with van der Waals surface area (Å²) < 4.78 is 11.7. The van der Waals surface area contributed by atoms with Crippen LogP contribution < -0.4 is 0 Å². The van der Waals surface area contributed by atoms with Crippen LogP contribution in [-0.4, -0.2) is 73.9 Å². The summed E-state index contributed by atoms with van der Waals surface area (Å²) in [7, 11) is 0. The molecule has 0 unspecified atom stereocenters.